The van der Waals surface area contributed by atoms with Crippen molar-refractivity contribution in [1.29, 1.82) is 0 Å². The summed E-state index contributed by atoms with van der Waals surface area (Å²) in [5, 5.41) is 0.112. The highest BCUT2D eigenvalue weighted by Gasteiger charge is 2.21. The summed E-state index contributed by atoms with van der Waals surface area (Å²) in [5.74, 6) is 1.56. The molecular weight excluding hydrogens is 470 g/mol. The highest BCUT2D eigenvalue weighted by Crippen LogP contribution is 2.27. The minimum absolute atomic E-state index is 0. The monoisotopic (exact) mass is 505 g/mol. The Kier molecular flexibility index (Phi) is 10.3. The molecule has 0 aliphatic carbocycles. The van der Waals surface area contributed by atoms with Crippen LogP contribution in [-0.2, 0) is 16.3 Å². The molecular formula is C26H36ClN3O3S. The molecule has 1 fully saturated rings. The van der Waals surface area contributed by atoms with Crippen LogP contribution in [-0.4, -0.2) is 48.2 Å². The second-order valence-corrected chi connectivity index (χ2v) is 10.4. The maximum absolute atomic E-state index is 11.9. The quantitative estimate of drug-likeness (QED) is 0.393. The maximum Gasteiger partial charge on any atom is 0.226 e. The Morgan fingerprint density at radius 2 is 1.71 bits per heavy atom. The topological polar surface area (TPSA) is 76.3 Å². The number of rotatable bonds is 7. The van der Waals surface area contributed by atoms with Gasteiger partial charge in [0.15, 0.2) is 14.9 Å². The first-order valence-corrected chi connectivity index (χ1v) is 13.5. The molecule has 3 aromatic rings. The van der Waals surface area contributed by atoms with Gasteiger partial charge in [0.05, 0.1) is 11.4 Å². The molecule has 0 spiro atoms. The number of aryl methyl sites for hydroxylation is 1. The Bertz CT molecular complexity index is 1140. The van der Waals surface area contributed by atoms with E-state index in [1.165, 1.54) is 19.4 Å². The molecule has 0 bridgehead atoms. The van der Waals surface area contributed by atoms with E-state index >= 15 is 0 Å². The number of halogens is 1. The number of aromatic nitrogens is 2. The van der Waals surface area contributed by atoms with Gasteiger partial charge in [-0.25, -0.2) is 18.4 Å². The molecule has 2 aromatic heterocycles. The van der Waals surface area contributed by atoms with E-state index in [0.717, 1.165) is 41.1 Å². The van der Waals surface area contributed by atoms with Gasteiger partial charge in [-0.3, -0.25) is 0 Å². The summed E-state index contributed by atoms with van der Waals surface area (Å²) in [6.45, 7) is 12.1. The maximum atomic E-state index is 11.9. The molecule has 1 atom stereocenters. The number of sulfone groups is 1. The van der Waals surface area contributed by atoms with Gasteiger partial charge in [0.1, 0.15) is 5.76 Å². The van der Waals surface area contributed by atoms with Crippen LogP contribution in [0.1, 0.15) is 52.0 Å². The SMILES string of the molecule is CC.CCS(=O)(=O)c1ccc(-c2ccc(-c3nc(CCN4CCC[C@H]4C)c(C)o3)cc2)cn1.Cl. The summed E-state index contributed by atoms with van der Waals surface area (Å²) in [4.78, 5) is 11.4. The van der Waals surface area contributed by atoms with E-state index in [2.05, 4.69) is 16.8 Å². The lowest BCUT2D eigenvalue weighted by atomic mass is 10.1. The van der Waals surface area contributed by atoms with Gasteiger partial charge >= 0.3 is 0 Å². The average molecular weight is 506 g/mol. The summed E-state index contributed by atoms with van der Waals surface area (Å²) in [5.41, 5.74) is 3.77. The Morgan fingerprint density at radius 3 is 2.26 bits per heavy atom. The molecule has 1 aliphatic rings. The largest absolute Gasteiger partial charge is 0.441 e. The van der Waals surface area contributed by atoms with Gasteiger partial charge < -0.3 is 9.32 Å². The van der Waals surface area contributed by atoms with Gasteiger partial charge in [0, 0.05) is 36.3 Å². The van der Waals surface area contributed by atoms with Gasteiger partial charge in [-0.05, 0) is 63.1 Å². The van der Waals surface area contributed by atoms with E-state index in [1.54, 1.807) is 25.3 Å². The van der Waals surface area contributed by atoms with Gasteiger partial charge in [0.25, 0.3) is 0 Å². The Balaban J connectivity index is 0.00000133. The summed E-state index contributed by atoms with van der Waals surface area (Å²) >= 11 is 0. The molecule has 3 heterocycles. The van der Waals surface area contributed by atoms with Crippen LogP contribution in [0, 0.1) is 6.92 Å². The van der Waals surface area contributed by atoms with Crippen LogP contribution < -0.4 is 0 Å². The molecule has 1 saturated heterocycles. The molecule has 0 unspecified atom stereocenters. The van der Waals surface area contributed by atoms with Crippen molar-refractivity contribution in [2.75, 3.05) is 18.8 Å². The highest BCUT2D eigenvalue weighted by atomic mass is 35.5. The predicted octanol–water partition coefficient (Wildman–Crippen LogP) is 5.98. The van der Waals surface area contributed by atoms with Crippen LogP contribution in [0.2, 0.25) is 0 Å². The van der Waals surface area contributed by atoms with E-state index in [1.807, 2.05) is 45.0 Å². The molecule has 8 heteroatoms. The number of benzene rings is 1. The first-order valence-electron chi connectivity index (χ1n) is 11.9. The lowest BCUT2D eigenvalue weighted by Crippen LogP contribution is -2.29. The summed E-state index contributed by atoms with van der Waals surface area (Å²) in [6, 6.07) is 11.9. The van der Waals surface area contributed by atoms with Gasteiger partial charge in [-0.1, -0.05) is 32.9 Å². The van der Waals surface area contributed by atoms with E-state index in [9.17, 15) is 8.42 Å². The summed E-state index contributed by atoms with van der Waals surface area (Å²) in [6.07, 6.45) is 5.06. The van der Waals surface area contributed by atoms with Crippen LogP contribution in [0.5, 0.6) is 0 Å². The van der Waals surface area contributed by atoms with Crippen molar-refractivity contribution in [2.45, 2.75) is 64.9 Å². The molecule has 0 radical (unpaired) electrons. The van der Waals surface area contributed by atoms with E-state index in [4.69, 9.17) is 9.40 Å². The van der Waals surface area contributed by atoms with E-state index in [0.29, 0.717) is 11.9 Å². The van der Waals surface area contributed by atoms with Crippen LogP contribution in [0.25, 0.3) is 22.6 Å². The fraction of sp³-hybridized carbons (Fsp3) is 0.462. The first-order chi connectivity index (χ1) is 15.9. The second-order valence-electron chi connectivity index (χ2n) is 8.17. The minimum Gasteiger partial charge on any atom is -0.441 e. The number of pyridine rings is 1. The Morgan fingerprint density at radius 1 is 1.06 bits per heavy atom. The van der Waals surface area contributed by atoms with Crippen molar-refractivity contribution in [3.63, 3.8) is 0 Å². The number of nitrogens with zero attached hydrogens (tertiary/aromatic N) is 3. The zero-order chi connectivity index (χ0) is 24.0. The Labute approximate surface area is 210 Å². The third-order valence-corrected chi connectivity index (χ3v) is 7.76. The van der Waals surface area contributed by atoms with Crippen molar-refractivity contribution in [1.82, 2.24) is 14.9 Å². The molecule has 1 aliphatic heterocycles. The van der Waals surface area contributed by atoms with Crippen molar-refractivity contribution in [3.05, 3.63) is 54.0 Å². The van der Waals surface area contributed by atoms with Crippen LogP contribution >= 0.6 is 12.4 Å². The first kappa shape index (κ1) is 28.0. The lowest BCUT2D eigenvalue weighted by Gasteiger charge is -2.20. The van der Waals surface area contributed by atoms with Crippen molar-refractivity contribution in [2.24, 2.45) is 0 Å². The summed E-state index contributed by atoms with van der Waals surface area (Å²) in [7, 11) is -3.29. The fourth-order valence-electron chi connectivity index (χ4n) is 4.05. The number of hydrogen-bond donors (Lipinski definition) is 0. The zero-order valence-electron chi connectivity index (χ0n) is 20.7. The highest BCUT2D eigenvalue weighted by molar-refractivity contribution is 7.91. The van der Waals surface area contributed by atoms with Crippen molar-refractivity contribution in [3.8, 4) is 22.6 Å². The van der Waals surface area contributed by atoms with E-state index in [-0.39, 0.29) is 23.2 Å². The predicted molar refractivity (Wildman–Crippen MR) is 140 cm³/mol. The smallest absolute Gasteiger partial charge is 0.226 e. The van der Waals surface area contributed by atoms with Gasteiger partial charge in [-0.2, -0.15) is 0 Å². The minimum atomic E-state index is -3.29. The average Bonchev–Trinajstić information content (AvgIpc) is 3.43. The van der Waals surface area contributed by atoms with E-state index < -0.39 is 9.84 Å². The van der Waals surface area contributed by atoms with Crippen LogP contribution in [0.3, 0.4) is 0 Å². The van der Waals surface area contributed by atoms with Crippen molar-refractivity contribution < 1.29 is 12.8 Å². The molecule has 0 saturated carbocycles. The Hall–Kier alpha value is -2.22. The zero-order valence-corrected chi connectivity index (χ0v) is 22.4. The third kappa shape index (κ3) is 6.46. The van der Waals surface area contributed by atoms with Gasteiger partial charge in [-0.15, -0.1) is 12.4 Å². The van der Waals surface area contributed by atoms with Crippen LogP contribution in [0.15, 0.2) is 52.0 Å². The normalized spacial score (nSPS) is 16.0. The standard InChI is InChI=1S/C24H29N3O3S.C2H6.ClH/c1-4-31(28,29)23-12-11-21(16-25-23)19-7-9-20(10-8-19)24-26-22(18(3)30-24)13-15-27-14-5-6-17(27)2;1-2;/h7-12,16-17H,4-6,13-15H2,1-3H3;1-2H3;1H/t17-;;/m1../s1. The van der Waals surface area contributed by atoms with Crippen LogP contribution in [0.4, 0.5) is 0 Å². The fourth-order valence-corrected chi connectivity index (χ4v) is 4.83. The molecule has 186 valence electrons. The number of likely N-dealkylation sites (tertiary alicyclic amines) is 1. The lowest BCUT2D eigenvalue weighted by molar-refractivity contribution is 0.271. The molecule has 6 nitrogen and oxygen atoms in total. The molecule has 1 aromatic carbocycles. The molecule has 34 heavy (non-hydrogen) atoms. The second kappa shape index (κ2) is 12.5. The summed E-state index contributed by atoms with van der Waals surface area (Å²) < 4.78 is 29.8. The third-order valence-electron chi connectivity index (χ3n) is 6.12. The van der Waals surface area contributed by atoms with Gasteiger partial charge in [0.2, 0.25) is 5.89 Å². The molecule has 0 N–H and O–H groups in total. The molecule has 4 rings (SSSR count). The number of oxazole rings is 1. The number of hydrogen-bond acceptors (Lipinski definition) is 6. The molecule has 0 amide bonds. The van der Waals surface area contributed by atoms with Crippen molar-refractivity contribution >= 4 is 22.2 Å².